The SMILES string of the molecule is CN(CCC1CCCO1)c1ccncc1N. The summed E-state index contributed by atoms with van der Waals surface area (Å²) >= 11 is 0. The summed E-state index contributed by atoms with van der Waals surface area (Å²) in [6.07, 6.45) is 7.36. The molecule has 0 radical (unpaired) electrons. The maximum absolute atomic E-state index is 5.87. The van der Waals surface area contributed by atoms with Gasteiger partial charge in [-0.15, -0.1) is 0 Å². The minimum Gasteiger partial charge on any atom is -0.396 e. The van der Waals surface area contributed by atoms with E-state index in [-0.39, 0.29) is 0 Å². The van der Waals surface area contributed by atoms with E-state index >= 15 is 0 Å². The highest BCUT2D eigenvalue weighted by atomic mass is 16.5. The summed E-state index contributed by atoms with van der Waals surface area (Å²) in [6, 6.07) is 1.95. The molecule has 16 heavy (non-hydrogen) atoms. The van der Waals surface area contributed by atoms with Gasteiger partial charge in [-0.2, -0.15) is 0 Å². The predicted molar refractivity (Wildman–Crippen MR) is 65.5 cm³/mol. The largest absolute Gasteiger partial charge is 0.396 e. The van der Waals surface area contributed by atoms with Crippen molar-refractivity contribution < 1.29 is 4.74 Å². The van der Waals surface area contributed by atoms with Crippen LogP contribution in [0.3, 0.4) is 0 Å². The molecule has 0 bridgehead atoms. The fraction of sp³-hybridized carbons (Fsp3) is 0.583. The first-order chi connectivity index (χ1) is 7.77. The van der Waals surface area contributed by atoms with Crippen molar-refractivity contribution in [3.8, 4) is 0 Å². The Bertz CT molecular complexity index is 337. The summed E-state index contributed by atoms with van der Waals surface area (Å²) in [7, 11) is 2.06. The molecule has 0 saturated carbocycles. The zero-order chi connectivity index (χ0) is 11.4. The standard InChI is InChI=1S/C12H19N3O/c1-15(7-5-10-3-2-8-16-10)12-4-6-14-9-11(12)13/h4,6,9-10H,2-3,5,7-8,13H2,1H3. The van der Waals surface area contributed by atoms with Gasteiger partial charge in [-0.3, -0.25) is 4.98 Å². The zero-order valence-corrected chi connectivity index (χ0v) is 9.72. The highest BCUT2D eigenvalue weighted by molar-refractivity contribution is 5.65. The second-order valence-electron chi connectivity index (χ2n) is 4.28. The summed E-state index contributed by atoms with van der Waals surface area (Å²) in [5.74, 6) is 0. The highest BCUT2D eigenvalue weighted by Gasteiger charge is 2.16. The normalized spacial score (nSPS) is 19.9. The molecule has 0 spiro atoms. The fourth-order valence-corrected chi connectivity index (χ4v) is 2.08. The number of rotatable bonds is 4. The molecular formula is C12H19N3O. The summed E-state index contributed by atoms with van der Waals surface area (Å²) in [6.45, 7) is 1.89. The molecule has 4 heteroatoms. The minimum atomic E-state index is 0.436. The number of pyridine rings is 1. The average molecular weight is 221 g/mol. The van der Waals surface area contributed by atoms with Crippen molar-refractivity contribution in [3.63, 3.8) is 0 Å². The summed E-state index contributed by atoms with van der Waals surface area (Å²) < 4.78 is 5.60. The summed E-state index contributed by atoms with van der Waals surface area (Å²) in [5.41, 5.74) is 7.65. The molecular weight excluding hydrogens is 202 g/mol. The van der Waals surface area contributed by atoms with E-state index in [1.807, 2.05) is 6.07 Å². The number of hydrogen-bond acceptors (Lipinski definition) is 4. The van der Waals surface area contributed by atoms with Gasteiger partial charge >= 0.3 is 0 Å². The van der Waals surface area contributed by atoms with E-state index in [0.29, 0.717) is 6.10 Å². The van der Waals surface area contributed by atoms with Gasteiger partial charge in [0.15, 0.2) is 0 Å². The Kier molecular flexibility index (Phi) is 3.62. The molecule has 1 fully saturated rings. The van der Waals surface area contributed by atoms with E-state index in [4.69, 9.17) is 10.5 Å². The molecule has 0 amide bonds. The number of ether oxygens (including phenoxy) is 1. The van der Waals surface area contributed by atoms with Gasteiger partial charge in [0.2, 0.25) is 0 Å². The maximum Gasteiger partial charge on any atom is 0.0738 e. The van der Waals surface area contributed by atoms with Crippen LogP contribution in [0.2, 0.25) is 0 Å². The molecule has 1 atom stereocenters. The van der Waals surface area contributed by atoms with Crippen LogP contribution in [0, 0.1) is 0 Å². The van der Waals surface area contributed by atoms with Crippen molar-refractivity contribution in [2.75, 3.05) is 30.8 Å². The first-order valence-electron chi connectivity index (χ1n) is 5.79. The Morgan fingerprint density at radius 2 is 2.50 bits per heavy atom. The Morgan fingerprint density at radius 3 is 3.19 bits per heavy atom. The monoisotopic (exact) mass is 221 g/mol. The highest BCUT2D eigenvalue weighted by Crippen LogP contribution is 2.21. The smallest absolute Gasteiger partial charge is 0.0738 e. The van der Waals surface area contributed by atoms with Crippen LogP contribution in [-0.2, 0) is 4.74 Å². The van der Waals surface area contributed by atoms with Crippen LogP contribution in [0.25, 0.3) is 0 Å². The molecule has 1 saturated heterocycles. The molecule has 1 aromatic heterocycles. The topological polar surface area (TPSA) is 51.4 Å². The van der Waals surface area contributed by atoms with Gasteiger partial charge in [0.1, 0.15) is 0 Å². The molecule has 0 aromatic carbocycles. The minimum absolute atomic E-state index is 0.436. The van der Waals surface area contributed by atoms with Gasteiger partial charge in [-0.1, -0.05) is 0 Å². The second-order valence-corrected chi connectivity index (χ2v) is 4.28. The third kappa shape index (κ3) is 2.64. The first kappa shape index (κ1) is 11.2. The van der Waals surface area contributed by atoms with Gasteiger partial charge in [0, 0.05) is 26.4 Å². The Balaban J connectivity index is 1.87. The first-order valence-corrected chi connectivity index (χ1v) is 5.79. The number of nitrogens with zero attached hydrogens (tertiary/aromatic N) is 2. The van der Waals surface area contributed by atoms with Crippen LogP contribution >= 0.6 is 0 Å². The Hall–Kier alpha value is -1.29. The molecule has 1 aromatic rings. The number of aromatic nitrogens is 1. The third-order valence-corrected chi connectivity index (χ3v) is 3.05. The predicted octanol–water partition coefficient (Wildman–Crippen LogP) is 1.67. The molecule has 2 heterocycles. The zero-order valence-electron chi connectivity index (χ0n) is 9.72. The van der Waals surface area contributed by atoms with Gasteiger partial charge in [0.25, 0.3) is 0 Å². The molecule has 2 N–H and O–H groups in total. The van der Waals surface area contributed by atoms with Crippen molar-refractivity contribution >= 4 is 11.4 Å². The van der Waals surface area contributed by atoms with Gasteiger partial charge in [-0.25, -0.2) is 0 Å². The number of nitrogen functional groups attached to an aromatic ring is 1. The van der Waals surface area contributed by atoms with Crippen LogP contribution in [0.4, 0.5) is 11.4 Å². The molecule has 1 aliphatic heterocycles. The quantitative estimate of drug-likeness (QED) is 0.840. The third-order valence-electron chi connectivity index (χ3n) is 3.05. The lowest BCUT2D eigenvalue weighted by Gasteiger charge is -2.22. The molecule has 88 valence electrons. The van der Waals surface area contributed by atoms with Gasteiger partial charge in [-0.05, 0) is 25.3 Å². The van der Waals surface area contributed by atoms with Crippen LogP contribution in [0.15, 0.2) is 18.5 Å². The Labute approximate surface area is 96.4 Å². The molecule has 0 aliphatic carbocycles. The number of nitrogens with two attached hydrogens (primary N) is 1. The summed E-state index contributed by atoms with van der Waals surface area (Å²) in [5, 5.41) is 0. The number of anilines is 2. The van der Waals surface area contributed by atoms with Gasteiger partial charge < -0.3 is 15.4 Å². The molecule has 1 unspecified atom stereocenters. The van der Waals surface area contributed by atoms with E-state index in [9.17, 15) is 0 Å². The maximum atomic E-state index is 5.87. The van der Waals surface area contributed by atoms with E-state index in [1.165, 1.54) is 12.8 Å². The van der Waals surface area contributed by atoms with Crippen molar-refractivity contribution in [1.82, 2.24) is 4.98 Å². The molecule has 1 aliphatic rings. The van der Waals surface area contributed by atoms with Crippen molar-refractivity contribution in [1.29, 1.82) is 0 Å². The van der Waals surface area contributed by atoms with Crippen LogP contribution < -0.4 is 10.6 Å². The van der Waals surface area contributed by atoms with Crippen LogP contribution in [0.5, 0.6) is 0 Å². The summed E-state index contributed by atoms with van der Waals surface area (Å²) in [4.78, 5) is 6.15. The van der Waals surface area contributed by atoms with Gasteiger partial charge in [0.05, 0.1) is 23.7 Å². The van der Waals surface area contributed by atoms with E-state index in [2.05, 4.69) is 16.9 Å². The van der Waals surface area contributed by atoms with E-state index in [0.717, 1.165) is 30.9 Å². The van der Waals surface area contributed by atoms with Crippen LogP contribution in [0.1, 0.15) is 19.3 Å². The number of hydrogen-bond donors (Lipinski definition) is 1. The average Bonchev–Trinajstić information content (AvgIpc) is 2.79. The lowest BCUT2D eigenvalue weighted by atomic mass is 10.2. The van der Waals surface area contributed by atoms with Crippen LogP contribution in [-0.4, -0.2) is 31.3 Å². The van der Waals surface area contributed by atoms with Crippen molar-refractivity contribution in [2.24, 2.45) is 0 Å². The molecule has 4 nitrogen and oxygen atoms in total. The van der Waals surface area contributed by atoms with Crippen molar-refractivity contribution in [2.45, 2.75) is 25.4 Å². The lowest BCUT2D eigenvalue weighted by Crippen LogP contribution is -2.23. The molecule has 2 rings (SSSR count). The van der Waals surface area contributed by atoms with Crippen molar-refractivity contribution in [3.05, 3.63) is 18.5 Å². The second kappa shape index (κ2) is 5.16. The lowest BCUT2D eigenvalue weighted by molar-refractivity contribution is 0.106. The van der Waals surface area contributed by atoms with E-state index in [1.54, 1.807) is 12.4 Å². The van der Waals surface area contributed by atoms with E-state index < -0.39 is 0 Å². The fourth-order valence-electron chi connectivity index (χ4n) is 2.08. The Morgan fingerprint density at radius 1 is 1.62 bits per heavy atom.